The first-order valence-electron chi connectivity index (χ1n) is 12.2. The number of fused-ring (bicyclic) bond motifs is 3. The van der Waals surface area contributed by atoms with Crippen LogP contribution in [0.2, 0.25) is 0 Å². The summed E-state index contributed by atoms with van der Waals surface area (Å²) in [5.41, 5.74) is 7.08. The summed E-state index contributed by atoms with van der Waals surface area (Å²) in [4.78, 5) is 15.8. The van der Waals surface area contributed by atoms with Crippen molar-refractivity contribution in [2.45, 2.75) is 46.1 Å². The van der Waals surface area contributed by atoms with Crippen molar-refractivity contribution in [2.75, 3.05) is 4.90 Å². The van der Waals surface area contributed by atoms with Crippen LogP contribution < -0.4 is 10.2 Å². The fourth-order valence-corrected chi connectivity index (χ4v) is 4.94. The van der Waals surface area contributed by atoms with Gasteiger partial charge in [-0.3, -0.25) is 9.69 Å². The fourth-order valence-electron chi connectivity index (χ4n) is 4.94. The lowest BCUT2D eigenvalue weighted by Crippen LogP contribution is -2.46. The summed E-state index contributed by atoms with van der Waals surface area (Å²) < 4.78 is 0. The van der Waals surface area contributed by atoms with Crippen LogP contribution in [0.4, 0.5) is 11.4 Å². The second-order valence-electron chi connectivity index (χ2n) is 10.2. The van der Waals surface area contributed by atoms with E-state index in [-0.39, 0.29) is 11.4 Å². The zero-order valence-electron chi connectivity index (χ0n) is 21.1. The Morgan fingerprint density at radius 1 is 0.829 bits per heavy atom. The molecule has 0 bridgehead atoms. The lowest BCUT2D eigenvalue weighted by molar-refractivity contribution is -0.113. The largest absolute Gasteiger partial charge is 0.379 e. The maximum atomic E-state index is 14.0. The molecule has 1 aliphatic heterocycles. The lowest BCUT2D eigenvalue weighted by Gasteiger charge is -2.42. The minimum atomic E-state index is -0.194. The van der Waals surface area contributed by atoms with Gasteiger partial charge in [0.25, 0.3) is 5.91 Å². The van der Waals surface area contributed by atoms with Gasteiger partial charge in [0.1, 0.15) is 0 Å². The predicted molar refractivity (Wildman–Crippen MR) is 147 cm³/mol. The van der Waals surface area contributed by atoms with Gasteiger partial charge >= 0.3 is 0 Å². The van der Waals surface area contributed by atoms with Crippen molar-refractivity contribution in [2.24, 2.45) is 0 Å². The minimum absolute atomic E-state index is 0.0792. The SMILES string of the molecule is Cc1ccc(N(C(=O)C=C2NC(C)(C)C(C)c3ccc4ccccc4c32)c2ccc(C)cc2)cc1. The number of carbonyl (C=O) groups excluding carboxylic acids is 1. The summed E-state index contributed by atoms with van der Waals surface area (Å²) in [6, 6.07) is 29.0. The second kappa shape index (κ2) is 8.74. The molecule has 4 aromatic rings. The molecule has 0 saturated heterocycles. The van der Waals surface area contributed by atoms with E-state index >= 15 is 0 Å². The van der Waals surface area contributed by atoms with Crippen LogP contribution in [0.5, 0.6) is 0 Å². The topological polar surface area (TPSA) is 32.3 Å². The summed E-state index contributed by atoms with van der Waals surface area (Å²) in [7, 11) is 0. The Kier molecular flexibility index (Phi) is 5.72. The molecule has 1 atom stereocenters. The van der Waals surface area contributed by atoms with Gasteiger partial charge < -0.3 is 5.32 Å². The molecule has 0 aliphatic carbocycles. The Hall–Kier alpha value is -3.85. The maximum absolute atomic E-state index is 14.0. The number of anilines is 2. The van der Waals surface area contributed by atoms with Crippen molar-refractivity contribution in [3.8, 4) is 0 Å². The van der Waals surface area contributed by atoms with Crippen LogP contribution in [-0.4, -0.2) is 11.4 Å². The smallest absolute Gasteiger partial charge is 0.257 e. The van der Waals surface area contributed by atoms with Crippen molar-refractivity contribution in [1.29, 1.82) is 0 Å². The summed E-state index contributed by atoms with van der Waals surface area (Å²) in [6.45, 7) is 10.8. The molecule has 0 fully saturated rings. The van der Waals surface area contributed by atoms with Gasteiger partial charge in [-0.2, -0.15) is 0 Å². The van der Waals surface area contributed by atoms with Gasteiger partial charge in [0, 0.05) is 40.2 Å². The van der Waals surface area contributed by atoms with Gasteiger partial charge in [0.05, 0.1) is 0 Å². The number of hydrogen-bond acceptors (Lipinski definition) is 2. The molecule has 0 radical (unpaired) electrons. The first-order valence-corrected chi connectivity index (χ1v) is 12.2. The molecule has 1 heterocycles. The Morgan fingerprint density at radius 3 is 2.00 bits per heavy atom. The lowest BCUT2D eigenvalue weighted by atomic mass is 9.75. The van der Waals surface area contributed by atoms with Crippen LogP contribution in [0.3, 0.4) is 0 Å². The molecular formula is C32H32N2O. The van der Waals surface area contributed by atoms with E-state index in [0.29, 0.717) is 5.92 Å². The van der Waals surface area contributed by atoms with Crippen molar-refractivity contribution >= 4 is 33.8 Å². The number of nitrogens with zero attached hydrogens (tertiary/aromatic N) is 1. The minimum Gasteiger partial charge on any atom is -0.379 e. The molecule has 3 nitrogen and oxygen atoms in total. The molecule has 0 saturated carbocycles. The highest BCUT2D eigenvalue weighted by molar-refractivity contribution is 6.12. The van der Waals surface area contributed by atoms with Gasteiger partial charge in [-0.15, -0.1) is 0 Å². The molecule has 0 aromatic heterocycles. The zero-order valence-corrected chi connectivity index (χ0v) is 21.1. The first kappa shape index (κ1) is 22.9. The van der Waals surface area contributed by atoms with Crippen LogP contribution in [-0.2, 0) is 4.79 Å². The molecule has 0 spiro atoms. The third kappa shape index (κ3) is 4.23. The van der Waals surface area contributed by atoms with Crippen molar-refractivity contribution in [1.82, 2.24) is 5.32 Å². The predicted octanol–water partition coefficient (Wildman–Crippen LogP) is 7.65. The zero-order chi connectivity index (χ0) is 24.7. The average molecular weight is 461 g/mol. The Morgan fingerprint density at radius 2 is 1.40 bits per heavy atom. The summed E-state index contributed by atoms with van der Waals surface area (Å²) in [6.07, 6.45) is 1.78. The van der Waals surface area contributed by atoms with Crippen LogP contribution in [0.25, 0.3) is 16.5 Å². The van der Waals surface area contributed by atoms with E-state index in [1.165, 1.54) is 10.9 Å². The van der Waals surface area contributed by atoms with E-state index < -0.39 is 0 Å². The van der Waals surface area contributed by atoms with E-state index in [9.17, 15) is 4.79 Å². The number of aryl methyl sites for hydroxylation is 2. The highest BCUT2D eigenvalue weighted by Crippen LogP contribution is 2.42. The maximum Gasteiger partial charge on any atom is 0.257 e. The number of rotatable bonds is 3. The molecular weight excluding hydrogens is 428 g/mol. The van der Waals surface area contributed by atoms with E-state index in [1.807, 2.05) is 48.5 Å². The van der Waals surface area contributed by atoms with Gasteiger partial charge in [-0.25, -0.2) is 0 Å². The summed E-state index contributed by atoms with van der Waals surface area (Å²) >= 11 is 0. The highest BCUT2D eigenvalue weighted by Gasteiger charge is 2.36. The van der Waals surface area contributed by atoms with Gasteiger partial charge in [-0.05, 0) is 68.3 Å². The molecule has 3 heteroatoms. The van der Waals surface area contributed by atoms with E-state index in [2.05, 4.69) is 76.3 Å². The monoisotopic (exact) mass is 460 g/mol. The molecule has 1 unspecified atom stereocenters. The van der Waals surface area contributed by atoms with E-state index in [4.69, 9.17) is 0 Å². The molecule has 1 N–H and O–H groups in total. The number of hydrogen-bond donors (Lipinski definition) is 1. The standard InChI is InChI=1S/C32H32N2O/c1-21-10-15-25(16-11-21)34(26-17-12-22(2)13-18-26)30(35)20-29-31-27(23(3)32(4,5)33-29)19-14-24-8-6-7-9-28(24)31/h6-20,23,33H,1-5H3. The van der Waals surface area contributed by atoms with Gasteiger partial charge in [-0.1, -0.05) is 78.7 Å². The van der Waals surface area contributed by atoms with Gasteiger partial charge in [0.15, 0.2) is 0 Å². The number of nitrogens with one attached hydrogen (secondary N) is 1. The molecule has 5 rings (SSSR count). The third-order valence-corrected chi connectivity index (χ3v) is 7.31. The quantitative estimate of drug-likeness (QED) is 0.319. The van der Waals surface area contributed by atoms with Crippen LogP contribution in [0.15, 0.2) is 91.0 Å². The number of carbonyl (C=O) groups is 1. The molecule has 1 amide bonds. The van der Waals surface area contributed by atoms with E-state index in [1.54, 1.807) is 11.0 Å². The van der Waals surface area contributed by atoms with Crippen LogP contribution in [0.1, 0.15) is 48.9 Å². The van der Waals surface area contributed by atoms with Crippen molar-refractivity contribution < 1.29 is 4.79 Å². The summed E-state index contributed by atoms with van der Waals surface area (Å²) in [5.74, 6) is 0.212. The van der Waals surface area contributed by atoms with Crippen LogP contribution in [0, 0.1) is 13.8 Å². The molecule has 1 aliphatic rings. The molecule has 35 heavy (non-hydrogen) atoms. The number of amides is 1. The first-order chi connectivity index (χ1) is 16.7. The number of benzene rings is 4. The second-order valence-corrected chi connectivity index (χ2v) is 10.2. The highest BCUT2D eigenvalue weighted by atomic mass is 16.2. The molecule has 176 valence electrons. The normalized spacial score (nSPS) is 17.6. The van der Waals surface area contributed by atoms with Crippen molar-refractivity contribution in [3.63, 3.8) is 0 Å². The van der Waals surface area contributed by atoms with Gasteiger partial charge in [0.2, 0.25) is 0 Å². The Bertz CT molecular complexity index is 1380. The van der Waals surface area contributed by atoms with Crippen LogP contribution >= 0.6 is 0 Å². The Balaban J connectivity index is 1.68. The molecule has 4 aromatic carbocycles. The van der Waals surface area contributed by atoms with Crippen molar-refractivity contribution in [3.05, 3.63) is 113 Å². The fraction of sp³-hybridized carbons (Fsp3) is 0.219. The average Bonchev–Trinajstić information content (AvgIpc) is 2.84. The van der Waals surface area contributed by atoms with E-state index in [0.717, 1.165) is 39.1 Å². The third-order valence-electron chi connectivity index (χ3n) is 7.31. The Labute approximate surface area is 208 Å². The summed E-state index contributed by atoms with van der Waals surface area (Å²) in [5, 5.41) is 6.05.